The maximum Gasteiger partial charge on any atom is 0.341 e. The van der Waals surface area contributed by atoms with E-state index < -0.39 is 12.6 Å². The van der Waals surface area contributed by atoms with Crippen LogP contribution < -0.4 is 10.2 Å². The number of amides is 1. The second-order valence-corrected chi connectivity index (χ2v) is 7.36. The fraction of sp³-hybridized carbons (Fsp3) is 0.0769. The van der Waals surface area contributed by atoms with Gasteiger partial charge in [-0.1, -0.05) is 60.2 Å². The van der Waals surface area contributed by atoms with E-state index in [0.29, 0.717) is 33.5 Å². The minimum Gasteiger partial charge on any atom is -0.481 e. The number of pyridine rings is 1. The molecule has 0 bridgehead atoms. The molecule has 0 unspecified atom stereocenters. The Bertz CT molecular complexity index is 1350. The van der Waals surface area contributed by atoms with Crippen molar-refractivity contribution in [3.05, 3.63) is 95.6 Å². The number of ether oxygens (including phenoxy) is 1. The molecule has 4 aromatic rings. The third-order valence-corrected chi connectivity index (χ3v) is 4.95. The zero-order valence-corrected chi connectivity index (χ0v) is 17.9. The summed E-state index contributed by atoms with van der Waals surface area (Å²) in [6.45, 7) is 1.54. The van der Waals surface area contributed by atoms with Gasteiger partial charge in [-0.2, -0.15) is 5.10 Å². The van der Waals surface area contributed by atoms with E-state index in [1.54, 1.807) is 30.3 Å². The van der Waals surface area contributed by atoms with Gasteiger partial charge >= 0.3 is 5.97 Å². The number of nitrogens with one attached hydrogen (secondary N) is 1. The van der Waals surface area contributed by atoms with Crippen molar-refractivity contribution in [1.29, 1.82) is 0 Å². The molecule has 1 amide bonds. The Kier molecular flexibility index (Phi) is 6.40. The maximum absolute atomic E-state index is 13.0. The van der Waals surface area contributed by atoms with Crippen molar-refractivity contribution in [2.24, 2.45) is 5.10 Å². The number of para-hydroxylation sites is 2. The lowest BCUT2D eigenvalue weighted by atomic mass is 10.0. The second-order valence-electron chi connectivity index (χ2n) is 7.36. The van der Waals surface area contributed by atoms with Gasteiger partial charge in [0.05, 0.1) is 23.0 Å². The Labute approximate surface area is 190 Å². The largest absolute Gasteiger partial charge is 0.481 e. The number of aryl methyl sites for hydroxylation is 1. The first-order valence-corrected chi connectivity index (χ1v) is 10.2. The van der Waals surface area contributed by atoms with Gasteiger partial charge in [0.15, 0.2) is 6.61 Å². The highest BCUT2D eigenvalue weighted by Crippen LogP contribution is 2.25. The lowest BCUT2D eigenvalue weighted by Crippen LogP contribution is -2.18. The summed E-state index contributed by atoms with van der Waals surface area (Å²) >= 11 is 0. The Balaban J connectivity index is 1.61. The summed E-state index contributed by atoms with van der Waals surface area (Å²) in [5.74, 6) is -1.11. The number of benzene rings is 3. The fourth-order valence-electron chi connectivity index (χ4n) is 3.31. The number of nitrogens with zero attached hydrogens (tertiary/aromatic N) is 2. The van der Waals surface area contributed by atoms with Crippen LogP contribution in [-0.4, -0.2) is 34.8 Å². The van der Waals surface area contributed by atoms with Crippen molar-refractivity contribution < 1.29 is 19.4 Å². The summed E-state index contributed by atoms with van der Waals surface area (Å²) in [4.78, 5) is 28.5. The van der Waals surface area contributed by atoms with Crippen LogP contribution in [0.1, 0.15) is 21.5 Å². The van der Waals surface area contributed by atoms with Crippen LogP contribution in [0.3, 0.4) is 0 Å². The molecule has 2 N–H and O–H groups in total. The molecule has 0 aliphatic rings. The highest BCUT2D eigenvalue weighted by atomic mass is 16.5. The normalized spacial score (nSPS) is 10.9. The molecule has 164 valence electrons. The monoisotopic (exact) mass is 439 g/mol. The molecule has 7 nitrogen and oxygen atoms in total. The first-order valence-electron chi connectivity index (χ1n) is 10.2. The zero-order valence-electron chi connectivity index (χ0n) is 17.9. The smallest absolute Gasteiger partial charge is 0.341 e. The molecule has 0 saturated heterocycles. The number of hydrogen-bond acceptors (Lipinski definition) is 5. The molecule has 0 aliphatic heterocycles. The fourth-order valence-corrected chi connectivity index (χ4v) is 3.31. The maximum atomic E-state index is 13.0. The van der Waals surface area contributed by atoms with Crippen molar-refractivity contribution in [2.75, 3.05) is 6.61 Å². The van der Waals surface area contributed by atoms with Crippen LogP contribution in [-0.2, 0) is 4.79 Å². The molecule has 0 spiro atoms. The number of hydrogen-bond donors (Lipinski definition) is 2. The number of aromatic nitrogens is 1. The van der Waals surface area contributed by atoms with Gasteiger partial charge in [-0.05, 0) is 31.2 Å². The van der Waals surface area contributed by atoms with Crippen LogP contribution in [0.2, 0.25) is 0 Å². The molecule has 1 heterocycles. The highest BCUT2D eigenvalue weighted by molar-refractivity contribution is 6.07. The van der Waals surface area contributed by atoms with Gasteiger partial charge in [0, 0.05) is 16.5 Å². The van der Waals surface area contributed by atoms with Crippen LogP contribution >= 0.6 is 0 Å². The number of rotatable bonds is 7. The van der Waals surface area contributed by atoms with Crippen molar-refractivity contribution in [1.82, 2.24) is 10.4 Å². The molecule has 7 heteroatoms. The number of carboxylic acid groups (broad SMARTS) is 1. The predicted molar refractivity (Wildman–Crippen MR) is 127 cm³/mol. The van der Waals surface area contributed by atoms with Crippen LogP contribution in [0.15, 0.2) is 84.0 Å². The molecule has 3 aromatic carbocycles. The Hall–Kier alpha value is -4.52. The molecule has 1 aromatic heterocycles. The van der Waals surface area contributed by atoms with Crippen LogP contribution in [0.5, 0.6) is 5.75 Å². The van der Waals surface area contributed by atoms with E-state index in [9.17, 15) is 9.59 Å². The van der Waals surface area contributed by atoms with E-state index in [1.807, 2.05) is 55.5 Å². The van der Waals surface area contributed by atoms with E-state index in [2.05, 4.69) is 10.5 Å². The van der Waals surface area contributed by atoms with Gasteiger partial charge in [0.25, 0.3) is 5.91 Å². The zero-order chi connectivity index (χ0) is 23.2. The number of carboxylic acids is 1. The molecule has 0 radical (unpaired) electrons. The number of carbonyl (C=O) groups is 2. The molecule has 0 atom stereocenters. The first kappa shape index (κ1) is 21.7. The molecule has 0 fully saturated rings. The molecule has 4 rings (SSSR count). The summed E-state index contributed by atoms with van der Waals surface area (Å²) < 4.78 is 5.26. The van der Waals surface area contributed by atoms with Crippen molar-refractivity contribution in [3.63, 3.8) is 0 Å². The Morgan fingerprint density at radius 1 is 1.03 bits per heavy atom. The van der Waals surface area contributed by atoms with Crippen LogP contribution in [0.4, 0.5) is 0 Å². The quantitative estimate of drug-likeness (QED) is 0.328. The summed E-state index contributed by atoms with van der Waals surface area (Å²) in [5.41, 5.74) is 6.98. The third-order valence-electron chi connectivity index (χ3n) is 4.95. The molecular weight excluding hydrogens is 418 g/mol. The van der Waals surface area contributed by atoms with Crippen molar-refractivity contribution in [3.8, 4) is 17.0 Å². The number of aliphatic carboxylic acids is 1. The Morgan fingerprint density at radius 3 is 2.55 bits per heavy atom. The lowest BCUT2D eigenvalue weighted by molar-refractivity contribution is -0.139. The van der Waals surface area contributed by atoms with E-state index in [0.717, 1.165) is 11.1 Å². The standard InChI is InChI=1S/C26H21N3O4/c1-17-10-12-18(13-11-17)23-14-21(20-7-3-4-8-22(20)28-23)26(32)29-27-15-19-6-2-5-9-24(19)33-16-25(30)31/h2-15H,16H2,1H3,(H,29,32)(H,30,31)/b27-15+. The minimum atomic E-state index is -1.08. The molecule has 0 saturated carbocycles. The second kappa shape index (κ2) is 9.74. The van der Waals surface area contributed by atoms with Gasteiger partial charge in [-0.3, -0.25) is 4.79 Å². The van der Waals surface area contributed by atoms with Gasteiger partial charge in [0.2, 0.25) is 0 Å². The van der Waals surface area contributed by atoms with Crippen LogP contribution in [0, 0.1) is 6.92 Å². The van der Waals surface area contributed by atoms with Crippen LogP contribution in [0.25, 0.3) is 22.2 Å². The summed E-state index contributed by atoms with van der Waals surface area (Å²) in [7, 11) is 0. The number of fused-ring (bicyclic) bond motifs is 1. The highest BCUT2D eigenvalue weighted by Gasteiger charge is 2.14. The van der Waals surface area contributed by atoms with E-state index in [1.165, 1.54) is 6.21 Å². The number of carbonyl (C=O) groups excluding carboxylic acids is 1. The molecule has 0 aliphatic carbocycles. The van der Waals surface area contributed by atoms with Gasteiger partial charge in [-0.25, -0.2) is 15.2 Å². The average molecular weight is 439 g/mol. The summed E-state index contributed by atoms with van der Waals surface area (Å²) in [6.07, 6.45) is 1.42. The predicted octanol–water partition coefficient (Wildman–Crippen LogP) is 4.44. The summed E-state index contributed by atoms with van der Waals surface area (Å²) in [5, 5.41) is 13.6. The van der Waals surface area contributed by atoms with E-state index in [-0.39, 0.29) is 5.91 Å². The van der Waals surface area contributed by atoms with Gasteiger partial charge in [-0.15, -0.1) is 0 Å². The topological polar surface area (TPSA) is 101 Å². The summed E-state index contributed by atoms with van der Waals surface area (Å²) in [6, 6.07) is 24.0. The van der Waals surface area contributed by atoms with Gasteiger partial charge < -0.3 is 9.84 Å². The molecule has 33 heavy (non-hydrogen) atoms. The van der Waals surface area contributed by atoms with E-state index >= 15 is 0 Å². The van der Waals surface area contributed by atoms with Gasteiger partial charge in [0.1, 0.15) is 5.75 Å². The SMILES string of the molecule is Cc1ccc(-c2cc(C(=O)N/N=C/c3ccccc3OCC(=O)O)c3ccccc3n2)cc1. The lowest BCUT2D eigenvalue weighted by Gasteiger charge is -2.09. The minimum absolute atomic E-state index is 0.355. The van der Waals surface area contributed by atoms with E-state index in [4.69, 9.17) is 14.8 Å². The average Bonchev–Trinajstić information content (AvgIpc) is 2.83. The first-order chi connectivity index (χ1) is 16.0. The number of hydrazone groups is 1. The molecular formula is C26H21N3O4. The third kappa shape index (κ3) is 5.22. The Morgan fingerprint density at radius 2 is 1.76 bits per heavy atom. The van der Waals surface area contributed by atoms with Crippen molar-refractivity contribution >= 4 is 29.0 Å². The van der Waals surface area contributed by atoms with Crippen molar-refractivity contribution in [2.45, 2.75) is 6.92 Å².